The molecular formula is C19H24N2O3. The number of hydrogen-bond acceptors (Lipinski definition) is 4. The van der Waals surface area contributed by atoms with Crippen molar-refractivity contribution in [2.45, 2.75) is 43.3 Å². The van der Waals surface area contributed by atoms with Crippen LogP contribution in [0, 0.1) is 5.41 Å². The van der Waals surface area contributed by atoms with Gasteiger partial charge < -0.3 is 20.1 Å². The molecule has 1 aromatic rings. The van der Waals surface area contributed by atoms with E-state index in [1.807, 2.05) is 17.0 Å². The monoisotopic (exact) mass is 328 g/mol. The number of carbonyl (C=O) groups excluding carboxylic acids is 1. The van der Waals surface area contributed by atoms with Crippen molar-refractivity contribution in [2.75, 3.05) is 31.2 Å². The zero-order chi connectivity index (χ0) is 16.4. The minimum absolute atomic E-state index is 0.246. The molecule has 3 saturated heterocycles. The quantitative estimate of drug-likeness (QED) is 0.896. The predicted molar refractivity (Wildman–Crippen MR) is 89.8 cm³/mol. The Balaban J connectivity index is 1.52. The highest BCUT2D eigenvalue weighted by Gasteiger charge is 2.78. The molecule has 6 rings (SSSR count). The number of ether oxygens (including phenoxy) is 2. The van der Waals surface area contributed by atoms with Gasteiger partial charge in [0.25, 0.3) is 0 Å². The van der Waals surface area contributed by atoms with Crippen LogP contribution in [0.4, 0.5) is 5.69 Å². The molecule has 5 nitrogen and oxygen atoms in total. The Bertz CT molecular complexity index is 690. The molecule has 1 saturated carbocycles. The lowest BCUT2D eigenvalue weighted by Crippen LogP contribution is -2.61. The highest BCUT2D eigenvalue weighted by Crippen LogP contribution is 2.69. The van der Waals surface area contributed by atoms with Crippen molar-refractivity contribution >= 4 is 11.6 Å². The molecule has 128 valence electrons. The van der Waals surface area contributed by atoms with Gasteiger partial charge in [-0.15, -0.1) is 0 Å². The van der Waals surface area contributed by atoms with Gasteiger partial charge in [-0.3, -0.25) is 4.79 Å². The number of amides is 1. The van der Waals surface area contributed by atoms with E-state index in [0.29, 0.717) is 19.8 Å². The largest absolute Gasteiger partial charge is 0.381 e. The fourth-order valence-electron chi connectivity index (χ4n) is 5.58. The summed E-state index contributed by atoms with van der Waals surface area (Å²) in [4.78, 5) is 15.7. The van der Waals surface area contributed by atoms with Crippen molar-refractivity contribution in [3.05, 3.63) is 29.8 Å². The SMILES string of the molecule is NCC12CC(C(=O)N3CCc4ccccc43)(C1)C1(CCOCC1)O2. The Kier molecular flexibility index (Phi) is 2.98. The number of anilines is 1. The van der Waals surface area contributed by atoms with Crippen molar-refractivity contribution in [1.29, 1.82) is 0 Å². The summed E-state index contributed by atoms with van der Waals surface area (Å²) in [5.41, 5.74) is 7.28. The zero-order valence-electron chi connectivity index (χ0n) is 13.9. The van der Waals surface area contributed by atoms with Crippen LogP contribution < -0.4 is 10.6 Å². The third-order valence-corrected chi connectivity index (χ3v) is 6.75. The first-order valence-electron chi connectivity index (χ1n) is 9.02. The lowest BCUT2D eigenvalue weighted by Gasteiger charge is -2.49. The number of para-hydroxylation sites is 1. The Morgan fingerprint density at radius 3 is 2.71 bits per heavy atom. The van der Waals surface area contributed by atoms with E-state index >= 15 is 0 Å². The smallest absolute Gasteiger partial charge is 0.236 e. The third kappa shape index (κ3) is 1.68. The molecule has 0 atom stereocenters. The lowest BCUT2D eigenvalue weighted by molar-refractivity contribution is -0.144. The van der Waals surface area contributed by atoms with Gasteiger partial charge in [-0.2, -0.15) is 0 Å². The highest BCUT2D eigenvalue weighted by molar-refractivity contribution is 6.01. The van der Waals surface area contributed by atoms with Gasteiger partial charge in [0, 0.05) is 44.8 Å². The van der Waals surface area contributed by atoms with Crippen LogP contribution in [-0.2, 0) is 20.7 Å². The van der Waals surface area contributed by atoms with Crippen molar-refractivity contribution in [1.82, 2.24) is 0 Å². The van der Waals surface area contributed by atoms with Crippen LogP contribution in [0.1, 0.15) is 31.2 Å². The van der Waals surface area contributed by atoms with Crippen LogP contribution in [0.25, 0.3) is 0 Å². The summed E-state index contributed by atoms with van der Waals surface area (Å²) >= 11 is 0. The summed E-state index contributed by atoms with van der Waals surface area (Å²) in [5.74, 6) is 0.246. The van der Waals surface area contributed by atoms with E-state index in [-0.39, 0.29) is 17.1 Å². The van der Waals surface area contributed by atoms with E-state index in [9.17, 15) is 4.79 Å². The minimum atomic E-state index is -0.409. The summed E-state index contributed by atoms with van der Waals surface area (Å²) < 4.78 is 12.1. The summed E-state index contributed by atoms with van der Waals surface area (Å²) in [5, 5.41) is 0. The molecule has 5 heteroatoms. The Morgan fingerprint density at radius 2 is 1.96 bits per heavy atom. The average molecular weight is 328 g/mol. The standard InChI is InChI=1S/C19H24N2O3/c20-13-17-11-18(12-17,19(24-17)6-9-23-10-7-19)16(22)21-8-5-14-3-1-2-4-15(14)21/h1-4H,5-13,20H2. The molecule has 1 amide bonds. The van der Waals surface area contributed by atoms with Crippen LogP contribution in [0.2, 0.25) is 0 Å². The summed E-state index contributed by atoms with van der Waals surface area (Å²) in [6.07, 6.45) is 4.09. The number of hydrogen-bond donors (Lipinski definition) is 1. The molecule has 1 aromatic carbocycles. The first-order chi connectivity index (χ1) is 11.6. The Labute approximate surface area is 142 Å². The number of rotatable bonds is 2. The number of benzene rings is 1. The Morgan fingerprint density at radius 1 is 1.21 bits per heavy atom. The van der Waals surface area contributed by atoms with Gasteiger partial charge in [-0.25, -0.2) is 0 Å². The maximum atomic E-state index is 13.7. The molecule has 0 unspecified atom stereocenters. The molecule has 2 bridgehead atoms. The summed E-state index contributed by atoms with van der Waals surface area (Å²) in [7, 11) is 0. The van der Waals surface area contributed by atoms with Crippen molar-refractivity contribution in [3.8, 4) is 0 Å². The second kappa shape index (κ2) is 4.81. The van der Waals surface area contributed by atoms with Gasteiger partial charge in [0.15, 0.2) is 0 Å². The van der Waals surface area contributed by atoms with E-state index in [2.05, 4.69) is 12.1 Å². The molecule has 24 heavy (non-hydrogen) atoms. The normalized spacial score (nSPS) is 35.8. The average Bonchev–Trinajstić information content (AvgIpc) is 3.20. The third-order valence-electron chi connectivity index (χ3n) is 6.75. The Hall–Kier alpha value is -1.43. The van der Waals surface area contributed by atoms with Crippen molar-refractivity contribution in [2.24, 2.45) is 11.1 Å². The predicted octanol–water partition coefficient (Wildman–Crippen LogP) is 1.63. The van der Waals surface area contributed by atoms with Gasteiger partial charge in [0.1, 0.15) is 0 Å². The second-order valence-corrected chi connectivity index (χ2v) is 7.87. The molecule has 0 aromatic heterocycles. The second-order valence-electron chi connectivity index (χ2n) is 7.87. The maximum absolute atomic E-state index is 13.7. The molecule has 1 spiro atoms. The van der Waals surface area contributed by atoms with Crippen LogP contribution >= 0.6 is 0 Å². The fourth-order valence-corrected chi connectivity index (χ4v) is 5.58. The van der Waals surface area contributed by atoms with E-state index in [4.69, 9.17) is 15.2 Å². The molecule has 4 aliphatic heterocycles. The lowest BCUT2D eigenvalue weighted by atomic mass is 9.53. The summed E-state index contributed by atoms with van der Waals surface area (Å²) in [6, 6.07) is 8.26. The van der Waals surface area contributed by atoms with Crippen molar-refractivity contribution < 1.29 is 14.3 Å². The number of nitrogens with two attached hydrogens (primary N) is 1. The van der Waals surface area contributed by atoms with Crippen molar-refractivity contribution in [3.63, 3.8) is 0 Å². The van der Waals surface area contributed by atoms with E-state index in [1.165, 1.54) is 5.56 Å². The molecular weight excluding hydrogens is 304 g/mol. The first kappa shape index (κ1) is 14.9. The first-order valence-corrected chi connectivity index (χ1v) is 9.02. The summed E-state index contributed by atoms with van der Waals surface area (Å²) in [6.45, 7) is 2.63. The van der Waals surface area contributed by atoms with Gasteiger partial charge in [-0.1, -0.05) is 18.2 Å². The van der Waals surface area contributed by atoms with E-state index < -0.39 is 5.41 Å². The topological polar surface area (TPSA) is 64.8 Å². The van der Waals surface area contributed by atoms with Gasteiger partial charge in [0.2, 0.25) is 5.91 Å². The van der Waals surface area contributed by atoms with Gasteiger partial charge in [0.05, 0.1) is 16.6 Å². The zero-order valence-corrected chi connectivity index (χ0v) is 13.9. The number of nitrogens with zero attached hydrogens (tertiary/aromatic N) is 1. The van der Waals surface area contributed by atoms with E-state index in [0.717, 1.165) is 44.3 Å². The maximum Gasteiger partial charge on any atom is 0.236 e. The molecule has 1 aliphatic carbocycles. The van der Waals surface area contributed by atoms with Crippen LogP contribution in [0.5, 0.6) is 0 Å². The number of carbonyl (C=O) groups is 1. The fraction of sp³-hybridized carbons (Fsp3) is 0.632. The highest BCUT2D eigenvalue weighted by atomic mass is 16.6. The molecule has 0 radical (unpaired) electrons. The number of fused-ring (bicyclic) bond motifs is 1. The molecule has 2 N–H and O–H groups in total. The van der Waals surface area contributed by atoms with Crippen LogP contribution in [0.3, 0.4) is 0 Å². The minimum Gasteiger partial charge on any atom is -0.381 e. The van der Waals surface area contributed by atoms with Gasteiger partial charge in [-0.05, 0) is 30.9 Å². The van der Waals surface area contributed by atoms with Gasteiger partial charge >= 0.3 is 0 Å². The molecule has 4 fully saturated rings. The van der Waals surface area contributed by atoms with E-state index in [1.54, 1.807) is 0 Å². The molecule has 4 heterocycles. The molecule has 5 aliphatic rings. The van der Waals surface area contributed by atoms with Crippen LogP contribution in [-0.4, -0.2) is 43.4 Å². The van der Waals surface area contributed by atoms with Crippen LogP contribution in [0.15, 0.2) is 24.3 Å².